The summed E-state index contributed by atoms with van der Waals surface area (Å²) in [5.74, 6) is 1.45. The fourth-order valence-corrected chi connectivity index (χ4v) is 1.72. The Labute approximate surface area is 77.5 Å². The van der Waals surface area contributed by atoms with Crippen LogP contribution in [0.25, 0.3) is 0 Å². The Morgan fingerprint density at radius 1 is 1.17 bits per heavy atom. The maximum absolute atomic E-state index is 5.27. The van der Waals surface area contributed by atoms with Crippen LogP contribution >= 0.6 is 0 Å². The maximum Gasteiger partial charge on any atom is 0.0518 e. The highest BCUT2D eigenvalue weighted by Gasteiger charge is 2.28. The average molecular weight is 172 g/mol. The first-order valence-electron chi connectivity index (χ1n) is 4.91. The third kappa shape index (κ3) is 3.57. The van der Waals surface area contributed by atoms with E-state index in [1.165, 1.54) is 6.42 Å². The largest absolute Gasteiger partial charge is 0.384 e. The van der Waals surface area contributed by atoms with E-state index in [2.05, 4.69) is 34.6 Å². The normalized spacial score (nSPS) is 17.0. The predicted molar refractivity (Wildman–Crippen MR) is 54.3 cm³/mol. The minimum Gasteiger partial charge on any atom is -0.384 e. The Morgan fingerprint density at radius 3 is 1.92 bits per heavy atom. The van der Waals surface area contributed by atoms with Crippen molar-refractivity contribution in [2.75, 3.05) is 13.7 Å². The van der Waals surface area contributed by atoms with E-state index in [0.29, 0.717) is 11.3 Å². The molecule has 0 aliphatic heterocycles. The van der Waals surface area contributed by atoms with E-state index < -0.39 is 0 Å². The molecular formula is C11H24O. The third-order valence-corrected chi connectivity index (χ3v) is 2.74. The van der Waals surface area contributed by atoms with Crippen LogP contribution in [0.15, 0.2) is 0 Å². The zero-order valence-corrected chi connectivity index (χ0v) is 9.48. The van der Waals surface area contributed by atoms with Crippen LogP contribution in [-0.2, 0) is 4.74 Å². The lowest BCUT2D eigenvalue weighted by Gasteiger charge is -2.34. The van der Waals surface area contributed by atoms with E-state index >= 15 is 0 Å². The summed E-state index contributed by atoms with van der Waals surface area (Å²) in [4.78, 5) is 0. The lowest BCUT2D eigenvalue weighted by atomic mass is 9.74. The van der Waals surface area contributed by atoms with E-state index in [4.69, 9.17) is 4.74 Å². The number of methoxy groups -OCH3 is 1. The summed E-state index contributed by atoms with van der Waals surface area (Å²) in [6.07, 6.45) is 1.25. The van der Waals surface area contributed by atoms with Crippen molar-refractivity contribution < 1.29 is 4.74 Å². The highest BCUT2D eigenvalue weighted by atomic mass is 16.5. The number of ether oxygens (including phenoxy) is 1. The minimum absolute atomic E-state index is 0.350. The van der Waals surface area contributed by atoms with Crippen molar-refractivity contribution in [2.45, 2.75) is 41.0 Å². The summed E-state index contributed by atoms with van der Waals surface area (Å²) in [7, 11) is 1.79. The highest BCUT2D eigenvalue weighted by Crippen LogP contribution is 2.34. The molecule has 1 heteroatoms. The number of hydrogen-bond donors (Lipinski definition) is 0. The smallest absolute Gasteiger partial charge is 0.0518 e. The predicted octanol–water partition coefficient (Wildman–Crippen LogP) is 3.34. The lowest BCUT2D eigenvalue weighted by molar-refractivity contribution is 0.0406. The van der Waals surface area contributed by atoms with Crippen molar-refractivity contribution in [3.05, 3.63) is 0 Å². The highest BCUT2D eigenvalue weighted by molar-refractivity contribution is 4.78. The number of hydrogen-bond acceptors (Lipinski definition) is 1. The molecule has 0 bridgehead atoms. The Bertz CT molecular complexity index is 118. The standard InChI is InChI=1S/C11H24O/c1-9(2)7-11(5,8-12-6)10(3)4/h9-10H,7-8H2,1-6H3. The van der Waals surface area contributed by atoms with E-state index in [-0.39, 0.29) is 0 Å². The van der Waals surface area contributed by atoms with Crippen molar-refractivity contribution in [1.29, 1.82) is 0 Å². The molecule has 0 aliphatic carbocycles. The van der Waals surface area contributed by atoms with Gasteiger partial charge < -0.3 is 4.74 Å². The number of rotatable bonds is 5. The van der Waals surface area contributed by atoms with Crippen molar-refractivity contribution in [3.63, 3.8) is 0 Å². The van der Waals surface area contributed by atoms with Gasteiger partial charge in [0.2, 0.25) is 0 Å². The van der Waals surface area contributed by atoms with Gasteiger partial charge in [0.1, 0.15) is 0 Å². The molecular weight excluding hydrogens is 148 g/mol. The molecule has 0 radical (unpaired) electrons. The molecule has 0 aliphatic rings. The summed E-state index contributed by atoms with van der Waals surface area (Å²) in [6.45, 7) is 12.3. The monoisotopic (exact) mass is 172 g/mol. The summed E-state index contributed by atoms with van der Waals surface area (Å²) >= 11 is 0. The molecule has 74 valence electrons. The van der Waals surface area contributed by atoms with Gasteiger partial charge in [-0.3, -0.25) is 0 Å². The van der Waals surface area contributed by atoms with Gasteiger partial charge in [0.15, 0.2) is 0 Å². The fourth-order valence-electron chi connectivity index (χ4n) is 1.72. The van der Waals surface area contributed by atoms with Crippen LogP contribution in [0.2, 0.25) is 0 Å². The quantitative estimate of drug-likeness (QED) is 0.618. The van der Waals surface area contributed by atoms with Gasteiger partial charge in [0.25, 0.3) is 0 Å². The average Bonchev–Trinajstić information content (AvgIpc) is 1.85. The Morgan fingerprint density at radius 2 is 1.67 bits per heavy atom. The fraction of sp³-hybridized carbons (Fsp3) is 1.00. The van der Waals surface area contributed by atoms with Crippen molar-refractivity contribution >= 4 is 0 Å². The van der Waals surface area contributed by atoms with Gasteiger partial charge in [-0.15, -0.1) is 0 Å². The molecule has 0 amide bonds. The summed E-state index contributed by atoms with van der Waals surface area (Å²) in [5.41, 5.74) is 0.350. The second-order valence-electron chi connectivity index (χ2n) is 4.84. The second-order valence-corrected chi connectivity index (χ2v) is 4.84. The zero-order valence-electron chi connectivity index (χ0n) is 9.48. The first-order valence-corrected chi connectivity index (χ1v) is 4.91. The molecule has 1 nitrogen and oxygen atoms in total. The first-order chi connectivity index (χ1) is 5.42. The zero-order chi connectivity index (χ0) is 9.78. The molecule has 0 aromatic carbocycles. The van der Waals surface area contributed by atoms with Crippen LogP contribution in [0.3, 0.4) is 0 Å². The molecule has 1 atom stereocenters. The van der Waals surface area contributed by atoms with Crippen molar-refractivity contribution in [3.8, 4) is 0 Å². The van der Waals surface area contributed by atoms with Gasteiger partial charge >= 0.3 is 0 Å². The van der Waals surface area contributed by atoms with Crippen LogP contribution in [0, 0.1) is 17.3 Å². The van der Waals surface area contributed by atoms with Crippen LogP contribution in [0.1, 0.15) is 41.0 Å². The third-order valence-electron chi connectivity index (χ3n) is 2.74. The summed E-state index contributed by atoms with van der Waals surface area (Å²) in [6, 6.07) is 0. The second kappa shape index (κ2) is 4.86. The molecule has 0 saturated carbocycles. The minimum atomic E-state index is 0.350. The molecule has 0 spiro atoms. The molecule has 0 N–H and O–H groups in total. The lowest BCUT2D eigenvalue weighted by Crippen LogP contribution is -2.30. The van der Waals surface area contributed by atoms with Crippen molar-refractivity contribution in [2.24, 2.45) is 17.3 Å². The topological polar surface area (TPSA) is 9.23 Å². The van der Waals surface area contributed by atoms with E-state index in [0.717, 1.165) is 12.5 Å². The molecule has 0 aromatic heterocycles. The molecule has 1 unspecified atom stereocenters. The van der Waals surface area contributed by atoms with Gasteiger partial charge in [-0.25, -0.2) is 0 Å². The van der Waals surface area contributed by atoms with Crippen LogP contribution in [-0.4, -0.2) is 13.7 Å². The first kappa shape index (κ1) is 12.0. The Hall–Kier alpha value is -0.0400. The molecule has 12 heavy (non-hydrogen) atoms. The van der Waals surface area contributed by atoms with Crippen LogP contribution in [0.4, 0.5) is 0 Å². The Balaban J connectivity index is 4.18. The molecule has 0 fully saturated rings. The SMILES string of the molecule is COCC(C)(CC(C)C)C(C)C. The van der Waals surface area contributed by atoms with E-state index in [1.807, 2.05) is 0 Å². The van der Waals surface area contributed by atoms with Crippen LogP contribution < -0.4 is 0 Å². The van der Waals surface area contributed by atoms with Gasteiger partial charge in [0.05, 0.1) is 6.61 Å². The maximum atomic E-state index is 5.27. The molecule has 0 rings (SSSR count). The molecule has 0 heterocycles. The van der Waals surface area contributed by atoms with E-state index in [9.17, 15) is 0 Å². The van der Waals surface area contributed by atoms with Crippen molar-refractivity contribution in [1.82, 2.24) is 0 Å². The van der Waals surface area contributed by atoms with Gasteiger partial charge in [-0.2, -0.15) is 0 Å². The summed E-state index contributed by atoms with van der Waals surface area (Å²) < 4.78 is 5.27. The molecule has 0 aromatic rings. The van der Waals surface area contributed by atoms with Gasteiger partial charge in [0, 0.05) is 7.11 Å². The summed E-state index contributed by atoms with van der Waals surface area (Å²) in [5, 5.41) is 0. The van der Waals surface area contributed by atoms with E-state index in [1.54, 1.807) is 7.11 Å². The van der Waals surface area contributed by atoms with Gasteiger partial charge in [-0.1, -0.05) is 34.6 Å². The van der Waals surface area contributed by atoms with Gasteiger partial charge in [-0.05, 0) is 23.7 Å². The van der Waals surface area contributed by atoms with Crippen LogP contribution in [0.5, 0.6) is 0 Å². The molecule has 0 saturated heterocycles. The Kier molecular flexibility index (Phi) is 4.84.